The van der Waals surface area contributed by atoms with Crippen molar-refractivity contribution in [3.8, 4) is 11.6 Å². The van der Waals surface area contributed by atoms with Crippen LogP contribution in [0.2, 0.25) is 0 Å². The third kappa shape index (κ3) is 4.52. The van der Waals surface area contributed by atoms with Gasteiger partial charge in [-0.05, 0) is 29.8 Å². The first kappa shape index (κ1) is 20.0. The van der Waals surface area contributed by atoms with E-state index in [0.717, 1.165) is 36.3 Å². The summed E-state index contributed by atoms with van der Waals surface area (Å²) in [6.07, 6.45) is 4.79. The van der Waals surface area contributed by atoms with E-state index in [4.69, 9.17) is 9.26 Å². The quantitative estimate of drug-likeness (QED) is 0.515. The van der Waals surface area contributed by atoms with Gasteiger partial charge in [0.2, 0.25) is 5.88 Å². The Morgan fingerprint density at radius 3 is 2.78 bits per heavy atom. The first-order chi connectivity index (χ1) is 15.7. The maximum absolute atomic E-state index is 12.7. The molecule has 0 saturated carbocycles. The zero-order valence-corrected chi connectivity index (χ0v) is 17.3. The Labute approximate surface area is 184 Å². The van der Waals surface area contributed by atoms with Crippen molar-refractivity contribution in [1.29, 1.82) is 0 Å². The molecule has 162 valence electrons. The number of rotatable bonds is 5. The standard InChI is InChI=1S/C23H22N6O3/c30-23(26-22-19-6-1-2-7-20(19)32-27-22)29-12-10-28(11-13-29)16-17-4-3-5-18(14-17)31-21-15-24-8-9-25-21/h1-9,14-15H,10-13,16H2,(H,26,27,30). The highest BCUT2D eigenvalue weighted by atomic mass is 16.5. The molecule has 1 saturated heterocycles. The number of piperazine rings is 1. The highest BCUT2D eigenvalue weighted by molar-refractivity contribution is 5.98. The molecule has 0 spiro atoms. The number of nitrogens with one attached hydrogen (secondary N) is 1. The average molecular weight is 430 g/mol. The molecule has 2 amide bonds. The van der Waals surface area contributed by atoms with E-state index in [0.29, 0.717) is 30.4 Å². The van der Waals surface area contributed by atoms with Crippen LogP contribution < -0.4 is 10.1 Å². The van der Waals surface area contributed by atoms with E-state index < -0.39 is 0 Å². The number of hydrogen-bond acceptors (Lipinski definition) is 7. The van der Waals surface area contributed by atoms with Gasteiger partial charge in [-0.2, -0.15) is 0 Å². The highest BCUT2D eigenvalue weighted by Gasteiger charge is 2.22. The van der Waals surface area contributed by atoms with Crippen LogP contribution >= 0.6 is 0 Å². The minimum Gasteiger partial charge on any atom is -0.437 e. The van der Waals surface area contributed by atoms with Gasteiger partial charge in [0.1, 0.15) is 5.75 Å². The Balaban J connectivity index is 1.15. The maximum Gasteiger partial charge on any atom is 0.323 e. The van der Waals surface area contributed by atoms with Crippen LogP contribution in [0.15, 0.2) is 71.6 Å². The van der Waals surface area contributed by atoms with Gasteiger partial charge in [-0.25, -0.2) is 9.78 Å². The van der Waals surface area contributed by atoms with E-state index >= 15 is 0 Å². The van der Waals surface area contributed by atoms with Gasteiger partial charge >= 0.3 is 6.03 Å². The predicted octanol–water partition coefficient (Wildman–Crippen LogP) is 3.76. The highest BCUT2D eigenvalue weighted by Crippen LogP contribution is 2.23. The monoisotopic (exact) mass is 430 g/mol. The number of ether oxygens (including phenoxy) is 1. The Hall–Kier alpha value is -3.98. The summed E-state index contributed by atoms with van der Waals surface area (Å²) >= 11 is 0. The summed E-state index contributed by atoms with van der Waals surface area (Å²) in [6.45, 7) is 3.61. The van der Waals surface area contributed by atoms with Crippen LogP contribution in [0.5, 0.6) is 11.6 Å². The molecule has 3 heterocycles. The molecule has 0 aliphatic carbocycles. The molecule has 5 rings (SSSR count). The minimum absolute atomic E-state index is 0.164. The average Bonchev–Trinajstić information content (AvgIpc) is 3.23. The fourth-order valence-corrected chi connectivity index (χ4v) is 3.69. The number of carbonyl (C=O) groups is 1. The lowest BCUT2D eigenvalue weighted by Gasteiger charge is -2.34. The van der Waals surface area contributed by atoms with E-state index in [1.165, 1.54) is 0 Å². The Morgan fingerprint density at radius 2 is 1.94 bits per heavy atom. The second-order valence-corrected chi connectivity index (χ2v) is 7.51. The number of nitrogens with zero attached hydrogens (tertiary/aromatic N) is 5. The summed E-state index contributed by atoms with van der Waals surface area (Å²) in [5.74, 6) is 1.64. The molecule has 1 aliphatic heterocycles. The first-order valence-corrected chi connectivity index (χ1v) is 10.4. The molecule has 1 fully saturated rings. The summed E-state index contributed by atoms with van der Waals surface area (Å²) in [4.78, 5) is 24.9. The van der Waals surface area contributed by atoms with Crippen LogP contribution in [0.3, 0.4) is 0 Å². The molecular weight excluding hydrogens is 408 g/mol. The van der Waals surface area contributed by atoms with Crippen molar-refractivity contribution in [2.45, 2.75) is 6.54 Å². The van der Waals surface area contributed by atoms with Crippen LogP contribution in [-0.2, 0) is 6.54 Å². The second kappa shape index (κ2) is 9.03. The molecule has 2 aromatic heterocycles. The first-order valence-electron chi connectivity index (χ1n) is 10.4. The van der Waals surface area contributed by atoms with Gasteiger partial charge < -0.3 is 14.2 Å². The Kier molecular flexibility index (Phi) is 5.63. The van der Waals surface area contributed by atoms with E-state index in [2.05, 4.69) is 31.4 Å². The number of fused-ring (bicyclic) bond motifs is 1. The summed E-state index contributed by atoms with van der Waals surface area (Å²) in [5, 5.41) is 7.64. The number of anilines is 1. The van der Waals surface area contributed by atoms with Crippen molar-refractivity contribution in [2.24, 2.45) is 0 Å². The lowest BCUT2D eigenvalue weighted by atomic mass is 10.2. The fraction of sp³-hybridized carbons (Fsp3) is 0.217. The van der Waals surface area contributed by atoms with Gasteiger partial charge in [-0.1, -0.05) is 29.4 Å². The molecule has 9 heteroatoms. The third-order valence-electron chi connectivity index (χ3n) is 5.33. The van der Waals surface area contributed by atoms with E-state index in [-0.39, 0.29) is 6.03 Å². The molecule has 0 bridgehead atoms. The smallest absolute Gasteiger partial charge is 0.323 e. The molecule has 1 aliphatic rings. The number of urea groups is 1. The molecule has 32 heavy (non-hydrogen) atoms. The van der Waals surface area contributed by atoms with Gasteiger partial charge in [0.15, 0.2) is 11.4 Å². The summed E-state index contributed by atoms with van der Waals surface area (Å²) in [7, 11) is 0. The van der Waals surface area contributed by atoms with Crippen LogP contribution in [0.4, 0.5) is 10.6 Å². The number of amides is 2. The molecule has 2 aromatic carbocycles. The number of hydrogen-bond donors (Lipinski definition) is 1. The van der Waals surface area contributed by atoms with Crippen molar-refractivity contribution in [1.82, 2.24) is 24.9 Å². The summed E-state index contributed by atoms with van der Waals surface area (Å²) in [5.41, 5.74) is 1.79. The second-order valence-electron chi connectivity index (χ2n) is 7.51. The number of benzene rings is 2. The minimum atomic E-state index is -0.164. The fourth-order valence-electron chi connectivity index (χ4n) is 3.69. The van der Waals surface area contributed by atoms with Gasteiger partial charge in [-0.3, -0.25) is 15.2 Å². The van der Waals surface area contributed by atoms with Crippen LogP contribution in [0, 0.1) is 0 Å². The molecule has 1 N–H and O–H groups in total. The van der Waals surface area contributed by atoms with Crippen molar-refractivity contribution in [3.05, 3.63) is 72.7 Å². The van der Waals surface area contributed by atoms with Crippen LogP contribution in [0.25, 0.3) is 11.0 Å². The summed E-state index contributed by atoms with van der Waals surface area (Å²) < 4.78 is 11.0. The number of aromatic nitrogens is 3. The number of carbonyl (C=O) groups excluding carboxylic acids is 1. The maximum atomic E-state index is 12.7. The van der Waals surface area contributed by atoms with Crippen molar-refractivity contribution in [3.63, 3.8) is 0 Å². The molecule has 9 nitrogen and oxygen atoms in total. The van der Waals surface area contributed by atoms with Gasteiger partial charge in [0.05, 0.1) is 11.6 Å². The topological polar surface area (TPSA) is 96.6 Å². The van der Waals surface area contributed by atoms with Gasteiger partial charge in [0, 0.05) is 45.1 Å². The van der Waals surface area contributed by atoms with E-state index in [1.807, 2.05) is 42.5 Å². The van der Waals surface area contributed by atoms with E-state index in [9.17, 15) is 4.79 Å². The zero-order valence-electron chi connectivity index (χ0n) is 17.3. The SMILES string of the molecule is O=C(Nc1noc2ccccc12)N1CCN(Cc2cccc(Oc3cnccn3)c2)CC1. The van der Waals surface area contributed by atoms with Gasteiger partial charge in [0.25, 0.3) is 0 Å². The van der Waals surface area contributed by atoms with Crippen molar-refractivity contribution >= 4 is 22.8 Å². The molecular formula is C23H22N6O3. The molecule has 0 atom stereocenters. The summed E-state index contributed by atoms with van der Waals surface area (Å²) in [6, 6.07) is 15.2. The van der Waals surface area contributed by atoms with Crippen molar-refractivity contribution in [2.75, 3.05) is 31.5 Å². The van der Waals surface area contributed by atoms with Crippen LogP contribution in [-0.4, -0.2) is 57.1 Å². The third-order valence-corrected chi connectivity index (χ3v) is 5.33. The zero-order chi connectivity index (χ0) is 21.8. The molecule has 4 aromatic rings. The van der Waals surface area contributed by atoms with E-state index in [1.54, 1.807) is 23.5 Å². The lowest BCUT2D eigenvalue weighted by molar-refractivity contribution is 0.143. The largest absolute Gasteiger partial charge is 0.437 e. The van der Waals surface area contributed by atoms with Gasteiger partial charge in [-0.15, -0.1) is 0 Å². The lowest BCUT2D eigenvalue weighted by Crippen LogP contribution is -2.49. The molecule has 0 radical (unpaired) electrons. The predicted molar refractivity (Wildman–Crippen MR) is 118 cm³/mol. The Morgan fingerprint density at radius 1 is 1.06 bits per heavy atom. The molecule has 0 unspecified atom stereocenters. The van der Waals surface area contributed by atoms with Crippen molar-refractivity contribution < 1.29 is 14.1 Å². The Bertz CT molecular complexity index is 1200. The normalized spacial score (nSPS) is 14.4. The van der Waals surface area contributed by atoms with Crippen LogP contribution in [0.1, 0.15) is 5.56 Å². The number of para-hydroxylation sites is 1.